The second kappa shape index (κ2) is 6.70. The highest BCUT2D eigenvalue weighted by Gasteiger charge is 2.40. The lowest BCUT2D eigenvalue weighted by atomic mass is 9.86. The minimum atomic E-state index is -0.364. The molecular weight excluding hydrogens is 322 g/mol. The lowest BCUT2D eigenvalue weighted by Crippen LogP contribution is -2.45. The molecule has 0 aromatic carbocycles. The minimum absolute atomic E-state index is 0.0330. The summed E-state index contributed by atoms with van der Waals surface area (Å²) in [7, 11) is 3.55. The molecule has 134 valence electrons. The number of carbonyl (C=O) groups is 2. The van der Waals surface area contributed by atoms with Crippen LogP contribution in [0.3, 0.4) is 0 Å². The van der Waals surface area contributed by atoms with Gasteiger partial charge in [-0.25, -0.2) is 0 Å². The van der Waals surface area contributed by atoms with Gasteiger partial charge in [0.05, 0.1) is 17.7 Å². The number of nitrogens with zero attached hydrogens (tertiary/aromatic N) is 4. The topological polar surface area (TPSA) is 93.3 Å². The summed E-state index contributed by atoms with van der Waals surface area (Å²) in [5, 5.41) is 11.1. The Bertz CT molecular complexity index is 794. The maximum absolute atomic E-state index is 13.0. The molecule has 8 nitrogen and oxygen atoms in total. The van der Waals surface area contributed by atoms with Gasteiger partial charge in [-0.3, -0.25) is 14.3 Å². The van der Waals surface area contributed by atoms with Crippen LogP contribution in [0.4, 0.5) is 5.69 Å². The van der Waals surface area contributed by atoms with Crippen molar-refractivity contribution in [3.8, 4) is 0 Å². The number of likely N-dealkylation sites (tertiary alicyclic amines) is 1. The molecule has 1 saturated heterocycles. The van der Waals surface area contributed by atoms with Crippen molar-refractivity contribution in [2.45, 2.75) is 39.2 Å². The molecule has 2 aromatic heterocycles. The largest absolute Gasteiger partial charge is 0.359 e. The van der Waals surface area contributed by atoms with Gasteiger partial charge in [0, 0.05) is 33.1 Å². The Hall–Kier alpha value is -2.64. The third-order valence-electron chi connectivity index (χ3n) is 4.86. The van der Waals surface area contributed by atoms with Gasteiger partial charge in [-0.2, -0.15) is 5.10 Å². The van der Waals surface area contributed by atoms with Gasteiger partial charge in [-0.05, 0) is 19.4 Å². The lowest BCUT2D eigenvalue weighted by molar-refractivity contribution is -0.140. The highest BCUT2D eigenvalue weighted by atomic mass is 16.5. The van der Waals surface area contributed by atoms with Crippen LogP contribution in [0.5, 0.6) is 0 Å². The van der Waals surface area contributed by atoms with Gasteiger partial charge in [0.25, 0.3) is 0 Å². The van der Waals surface area contributed by atoms with E-state index in [1.54, 1.807) is 29.7 Å². The Balaban J connectivity index is 1.90. The average molecular weight is 345 g/mol. The maximum atomic E-state index is 13.0. The van der Waals surface area contributed by atoms with Crippen LogP contribution in [0.1, 0.15) is 43.0 Å². The summed E-state index contributed by atoms with van der Waals surface area (Å²) in [4.78, 5) is 26.8. The fraction of sp³-hybridized carbons (Fsp3) is 0.529. The van der Waals surface area contributed by atoms with Crippen LogP contribution in [0.15, 0.2) is 16.8 Å². The van der Waals surface area contributed by atoms with Crippen LogP contribution >= 0.6 is 0 Å². The van der Waals surface area contributed by atoms with Crippen molar-refractivity contribution in [1.29, 1.82) is 0 Å². The second-order valence-electron chi connectivity index (χ2n) is 6.38. The van der Waals surface area contributed by atoms with Gasteiger partial charge < -0.3 is 14.7 Å². The van der Waals surface area contributed by atoms with E-state index in [1.165, 1.54) is 0 Å². The molecular formula is C17H23N5O3. The minimum Gasteiger partial charge on any atom is -0.359 e. The van der Waals surface area contributed by atoms with Crippen LogP contribution in [0, 0.1) is 12.8 Å². The molecule has 0 spiro atoms. The number of aromatic nitrogens is 3. The van der Waals surface area contributed by atoms with Gasteiger partial charge in [0.1, 0.15) is 11.4 Å². The summed E-state index contributed by atoms with van der Waals surface area (Å²) in [5.41, 5.74) is 2.13. The zero-order chi connectivity index (χ0) is 18.1. The molecule has 1 N–H and O–H groups in total. The first-order valence-electron chi connectivity index (χ1n) is 8.43. The van der Waals surface area contributed by atoms with Crippen LogP contribution in [-0.4, -0.2) is 38.7 Å². The van der Waals surface area contributed by atoms with E-state index in [2.05, 4.69) is 15.6 Å². The summed E-state index contributed by atoms with van der Waals surface area (Å²) in [6.07, 6.45) is 3.17. The standard InChI is InChI=1S/C17H23N5O3/c1-5-13-15(10(2)20-25-13)19-17(24)11-6-7-14(23)21(3)16(11)12-8-9-18-22(12)4/h8-9,11,16H,5-7H2,1-4H3,(H,19,24)/t11-,16-/m0/s1. The molecule has 2 atom stereocenters. The van der Waals surface area contributed by atoms with Gasteiger partial charge in [-0.15, -0.1) is 0 Å². The zero-order valence-corrected chi connectivity index (χ0v) is 14.9. The molecule has 0 saturated carbocycles. The normalized spacial score (nSPS) is 20.8. The zero-order valence-electron chi connectivity index (χ0n) is 14.9. The average Bonchev–Trinajstić information content (AvgIpc) is 3.16. The molecule has 0 bridgehead atoms. The first-order valence-corrected chi connectivity index (χ1v) is 8.43. The Kier molecular flexibility index (Phi) is 4.61. The fourth-order valence-corrected chi connectivity index (χ4v) is 3.43. The molecule has 25 heavy (non-hydrogen) atoms. The summed E-state index contributed by atoms with van der Waals surface area (Å²) < 4.78 is 6.96. The molecule has 0 radical (unpaired) electrons. The van der Waals surface area contributed by atoms with E-state index in [4.69, 9.17) is 4.52 Å². The molecule has 1 aliphatic heterocycles. The van der Waals surface area contributed by atoms with Crippen LogP contribution < -0.4 is 5.32 Å². The second-order valence-corrected chi connectivity index (χ2v) is 6.38. The summed E-state index contributed by atoms with van der Waals surface area (Å²) in [6.45, 7) is 3.74. The number of piperidine rings is 1. The monoisotopic (exact) mass is 345 g/mol. The fourth-order valence-electron chi connectivity index (χ4n) is 3.43. The smallest absolute Gasteiger partial charge is 0.230 e. The van der Waals surface area contributed by atoms with E-state index in [-0.39, 0.29) is 23.8 Å². The molecule has 8 heteroatoms. The van der Waals surface area contributed by atoms with Crippen molar-refractivity contribution in [2.24, 2.45) is 13.0 Å². The van der Waals surface area contributed by atoms with Gasteiger partial charge in [-0.1, -0.05) is 12.1 Å². The molecule has 1 aliphatic rings. The molecule has 1 fully saturated rings. The number of nitrogens with one attached hydrogen (secondary N) is 1. The van der Waals surface area contributed by atoms with Crippen LogP contribution in [-0.2, 0) is 23.1 Å². The summed E-state index contributed by atoms with van der Waals surface area (Å²) in [5.74, 6) is 0.192. The molecule has 2 aromatic rings. The lowest BCUT2D eigenvalue weighted by Gasteiger charge is -2.38. The van der Waals surface area contributed by atoms with Crippen molar-refractivity contribution >= 4 is 17.5 Å². The number of hydrogen-bond donors (Lipinski definition) is 1. The maximum Gasteiger partial charge on any atom is 0.230 e. The molecule has 2 amide bonds. The summed E-state index contributed by atoms with van der Waals surface area (Å²) in [6, 6.07) is 1.50. The van der Waals surface area contributed by atoms with Crippen LogP contribution in [0.25, 0.3) is 0 Å². The van der Waals surface area contributed by atoms with E-state index in [0.717, 1.165) is 5.69 Å². The van der Waals surface area contributed by atoms with Crippen molar-refractivity contribution in [1.82, 2.24) is 19.8 Å². The van der Waals surface area contributed by atoms with Crippen molar-refractivity contribution < 1.29 is 14.1 Å². The number of amides is 2. The van der Waals surface area contributed by atoms with E-state index in [1.807, 2.05) is 20.0 Å². The highest BCUT2D eigenvalue weighted by molar-refractivity contribution is 5.95. The Labute approximate surface area is 146 Å². The third-order valence-corrected chi connectivity index (χ3v) is 4.86. The van der Waals surface area contributed by atoms with Gasteiger partial charge >= 0.3 is 0 Å². The van der Waals surface area contributed by atoms with Gasteiger partial charge in [0.15, 0.2) is 5.76 Å². The molecule has 3 heterocycles. The first-order chi connectivity index (χ1) is 11.9. The Morgan fingerprint density at radius 3 is 2.84 bits per heavy atom. The number of hydrogen-bond acceptors (Lipinski definition) is 5. The Morgan fingerprint density at radius 1 is 1.44 bits per heavy atom. The first kappa shape index (κ1) is 17.2. The number of carbonyl (C=O) groups excluding carboxylic acids is 2. The predicted octanol–water partition coefficient (Wildman–Crippen LogP) is 1.83. The van der Waals surface area contributed by atoms with E-state index < -0.39 is 0 Å². The van der Waals surface area contributed by atoms with Crippen LogP contribution in [0.2, 0.25) is 0 Å². The quantitative estimate of drug-likeness (QED) is 0.912. The number of anilines is 1. The predicted molar refractivity (Wildman–Crippen MR) is 90.7 cm³/mol. The molecule has 0 unspecified atom stereocenters. The van der Waals surface area contributed by atoms with E-state index >= 15 is 0 Å². The van der Waals surface area contributed by atoms with Gasteiger partial charge in [0.2, 0.25) is 11.8 Å². The van der Waals surface area contributed by atoms with E-state index in [9.17, 15) is 9.59 Å². The molecule has 0 aliphatic carbocycles. The third kappa shape index (κ3) is 3.04. The van der Waals surface area contributed by atoms with Crippen molar-refractivity contribution in [3.63, 3.8) is 0 Å². The van der Waals surface area contributed by atoms with Crippen molar-refractivity contribution in [3.05, 3.63) is 29.4 Å². The SMILES string of the molecule is CCc1onc(C)c1NC(=O)[C@H]1CCC(=O)N(C)[C@@H]1c1ccnn1C. The summed E-state index contributed by atoms with van der Waals surface area (Å²) >= 11 is 0. The molecule has 3 rings (SSSR count). The van der Waals surface area contributed by atoms with E-state index in [0.29, 0.717) is 36.4 Å². The Morgan fingerprint density at radius 2 is 2.20 bits per heavy atom. The van der Waals surface area contributed by atoms with Crippen molar-refractivity contribution in [2.75, 3.05) is 12.4 Å². The number of rotatable bonds is 4. The highest BCUT2D eigenvalue weighted by Crippen LogP contribution is 2.36. The number of aryl methyl sites for hydroxylation is 3.